The maximum atomic E-state index is 12.5. The molecule has 1 heterocycles. The zero-order valence-electron chi connectivity index (χ0n) is 17.3. The highest BCUT2D eigenvalue weighted by Gasteiger charge is 2.09. The summed E-state index contributed by atoms with van der Waals surface area (Å²) in [5.41, 5.74) is 4.68. The zero-order chi connectivity index (χ0) is 22.6. The van der Waals surface area contributed by atoms with Gasteiger partial charge in [0.25, 0.3) is 5.91 Å². The van der Waals surface area contributed by atoms with Gasteiger partial charge in [-0.15, -0.1) is 0 Å². The average molecular weight is 444 g/mol. The van der Waals surface area contributed by atoms with Crippen molar-refractivity contribution in [3.05, 3.63) is 103 Å². The summed E-state index contributed by atoms with van der Waals surface area (Å²) in [7, 11) is -3.27. The van der Waals surface area contributed by atoms with Gasteiger partial charge in [0.15, 0.2) is 9.84 Å². The Kier molecular flexibility index (Phi) is 6.00. The van der Waals surface area contributed by atoms with Gasteiger partial charge in [0.2, 0.25) is 0 Å². The molecule has 4 rings (SSSR count). The molecule has 1 aromatic heterocycles. The summed E-state index contributed by atoms with van der Waals surface area (Å²) in [6.45, 7) is 0. The molecule has 0 saturated carbocycles. The van der Waals surface area contributed by atoms with Crippen LogP contribution in [-0.2, 0) is 9.84 Å². The van der Waals surface area contributed by atoms with Crippen LogP contribution in [0.25, 0.3) is 11.3 Å². The number of hydrogen-bond donors (Lipinski definition) is 2. The van der Waals surface area contributed by atoms with Crippen molar-refractivity contribution in [3.8, 4) is 11.3 Å². The number of sulfone groups is 1. The second-order valence-electron chi connectivity index (χ2n) is 7.25. The van der Waals surface area contributed by atoms with Crippen molar-refractivity contribution in [1.82, 2.24) is 4.98 Å². The molecule has 3 aromatic carbocycles. The molecule has 0 aliphatic heterocycles. The van der Waals surface area contributed by atoms with E-state index < -0.39 is 9.84 Å². The van der Waals surface area contributed by atoms with Gasteiger partial charge >= 0.3 is 0 Å². The fraction of sp³-hybridized carbons (Fsp3) is 0.0400. The van der Waals surface area contributed by atoms with Crippen molar-refractivity contribution < 1.29 is 13.2 Å². The predicted octanol–water partition coefficient (Wildman–Crippen LogP) is 5.15. The number of pyridine rings is 1. The van der Waals surface area contributed by atoms with E-state index in [9.17, 15) is 13.2 Å². The monoisotopic (exact) mass is 443 g/mol. The number of nitrogens with one attached hydrogen (secondary N) is 2. The maximum absolute atomic E-state index is 12.5. The van der Waals surface area contributed by atoms with E-state index in [0.717, 1.165) is 28.9 Å². The van der Waals surface area contributed by atoms with Gasteiger partial charge in [-0.1, -0.05) is 18.2 Å². The summed E-state index contributed by atoms with van der Waals surface area (Å²) >= 11 is 0. The number of rotatable bonds is 6. The highest BCUT2D eigenvalue weighted by molar-refractivity contribution is 7.90. The lowest BCUT2D eigenvalue weighted by molar-refractivity contribution is 0.102. The molecular weight excluding hydrogens is 422 g/mol. The Hall–Kier alpha value is -3.97. The topological polar surface area (TPSA) is 88.2 Å². The Morgan fingerprint density at radius 1 is 0.781 bits per heavy atom. The molecule has 6 nitrogen and oxygen atoms in total. The quantitative estimate of drug-likeness (QED) is 0.430. The molecule has 4 aromatic rings. The lowest BCUT2D eigenvalue weighted by Crippen LogP contribution is -2.12. The maximum Gasteiger partial charge on any atom is 0.255 e. The first-order chi connectivity index (χ1) is 15.4. The van der Waals surface area contributed by atoms with Crippen LogP contribution in [0.15, 0.2) is 102 Å². The van der Waals surface area contributed by atoms with E-state index in [0.29, 0.717) is 11.3 Å². The van der Waals surface area contributed by atoms with Crippen LogP contribution < -0.4 is 10.6 Å². The molecule has 0 radical (unpaired) electrons. The Morgan fingerprint density at radius 3 is 2.16 bits per heavy atom. The first kappa shape index (κ1) is 21.3. The number of aromatic nitrogens is 1. The first-order valence-electron chi connectivity index (χ1n) is 9.88. The summed E-state index contributed by atoms with van der Waals surface area (Å²) in [6, 6.07) is 26.9. The molecule has 1 amide bonds. The van der Waals surface area contributed by atoms with Gasteiger partial charge in [-0.3, -0.25) is 9.78 Å². The molecule has 0 aliphatic rings. The number of nitrogens with zero attached hydrogens (tertiary/aromatic N) is 1. The Labute approximate surface area is 186 Å². The molecule has 0 aliphatic carbocycles. The third kappa shape index (κ3) is 5.19. The van der Waals surface area contributed by atoms with E-state index in [2.05, 4.69) is 15.6 Å². The molecule has 160 valence electrons. The Balaban J connectivity index is 1.42. The molecule has 0 saturated heterocycles. The minimum absolute atomic E-state index is 0.207. The second kappa shape index (κ2) is 9.03. The molecular formula is C25H21N3O3S. The van der Waals surface area contributed by atoms with Crippen LogP contribution in [0.5, 0.6) is 0 Å². The number of carbonyl (C=O) groups is 1. The highest BCUT2D eigenvalue weighted by Crippen LogP contribution is 2.24. The third-order valence-corrected chi connectivity index (χ3v) is 5.93. The smallest absolute Gasteiger partial charge is 0.255 e. The van der Waals surface area contributed by atoms with E-state index in [4.69, 9.17) is 0 Å². The van der Waals surface area contributed by atoms with E-state index in [1.54, 1.807) is 30.5 Å². The summed E-state index contributed by atoms with van der Waals surface area (Å²) in [5.74, 6) is -0.277. The highest BCUT2D eigenvalue weighted by atomic mass is 32.2. The lowest BCUT2D eigenvalue weighted by Gasteiger charge is -2.10. The van der Waals surface area contributed by atoms with Crippen LogP contribution in [0.3, 0.4) is 0 Å². The van der Waals surface area contributed by atoms with E-state index in [1.165, 1.54) is 12.1 Å². The predicted molar refractivity (Wildman–Crippen MR) is 127 cm³/mol. The lowest BCUT2D eigenvalue weighted by atomic mass is 10.1. The molecule has 0 fully saturated rings. The van der Waals surface area contributed by atoms with Gasteiger partial charge < -0.3 is 10.6 Å². The second-order valence-corrected chi connectivity index (χ2v) is 9.26. The standard InChI is InChI=1S/C25H21N3O3S/c1-32(30,31)23-14-12-21(13-15-23)28-25(29)18-8-10-20(11-9-18)27-22-6-4-5-19(17-22)24-7-2-3-16-26-24/h2-17,27H,1H3,(H,28,29). The number of amides is 1. The fourth-order valence-electron chi connectivity index (χ4n) is 3.15. The zero-order valence-corrected chi connectivity index (χ0v) is 18.1. The minimum atomic E-state index is -3.27. The van der Waals surface area contributed by atoms with Crippen LogP contribution in [0, 0.1) is 0 Å². The van der Waals surface area contributed by atoms with Gasteiger partial charge in [0, 0.05) is 40.6 Å². The first-order valence-corrected chi connectivity index (χ1v) is 11.8. The number of benzene rings is 3. The molecule has 7 heteroatoms. The Morgan fingerprint density at radius 2 is 1.50 bits per heavy atom. The Bertz CT molecular complexity index is 1340. The summed E-state index contributed by atoms with van der Waals surface area (Å²) in [5, 5.41) is 6.10. The van der Waals surface area contributed by atoms with Gasteiger partial charge in [-0.05, 0) is 72.8 Å². The number of carbonyl (C=O) groups excluding carboxylic acids is 1. The van der Waals surface area contributed by atoms with E-state index >= 15 is 0 Å². The van der Waals surface area contributed by atoms with Crippen molar-refractivity contribution in [2.75, 3.05) is 16.9 Å². The summed E-state index contributed by atoms with van der Waals surface area (Å²) < 4.78 is 23.1. The van der Waals surface area contributed by atoms with Crippen molar-refractivity contribution in [2.24, 2.45) is 0 Å². The molecule has 0 atom stereocenters. The molecule has 0 unspecified atom stereocenters. The molecule has 32 heavy (non-hydrogen) atoms. The SMILES string of the molecule is CS(=O)(=O)c1ccc(NC(=O)c2ccc(Nc3cccc(-c4ccccn4)c3)cc2)cc1. The number of anilines is 3. The number of hydrogen-bond acceptors (Lipinski definition) is 5. The fourth-order valence-corrected chi connectivity index (χ4v) is 3.78. The van der Waals surface area contributed by atoms with Gasteiger partial charge in [0.05, 0.1) is 10.6 Å². The molecule has 0 bridgehead atoms. The van der Waals surface area contributed by atoms with Crippen molar-refractivity contribution >= 4 is 32.8 Å². The third-order valence-electron chi connectivity index (χ3n) is 4.80. The van der Waals surface area contributed by atoms with Crippen molar-refractivity contribution in [3.63, 3.8) is 0 Å². The van der Waals surface area contributed by atoms with Crippen LogP contribution in [0.4, 0.5) is 17.1 Å². The van der Waals surface area contributed by atoms with Crippen molar-refractivity contribution in [2.45, 2.75) is 4.90 Å². The van der Waals surface area contributed by atoms with Crippen molar-refractivity contribution in [1.29, 1.82) is 0 Å². The molecule has 0 spiro atoms. The van der Waals surface area contributed by atoms with Gasteiger partial charge in [0.1, 0.15) is 0 Å². The molecule has 2 N–H and O–H groups in total. The average Bonchev–Trinajstić information content (AvgIpc) is 2.80. The summed E-state index contributed by atoms with van der Waals surface area (Å²) in [6.07, 6.45) is 2.91. The van der Waals surface area contributed by atoms with Crippen LogP contribution in [0.1, 0.15) is 10.4 Å². The van der Waals surface area contributed by atoms with Gasteiger partial charge in [-0.25, -0.2) is 8.42 Å². The normalized spacial score (nSPS) is 11.0. The van der Waals surface area contributed by atoms with Crippen LogP contribution in [-0.4, -0.2) is 25.6 Å². The van der Waals surface area contributed by atoms with Gasteiger partial charge in [-0.2, -0.15) is 0 Å². The summed E-state index contributed by atoms with van der Waals surface area (Å²) in [4.78, 5) is 17.1. The minimum Gasteiger partial charge on any atom is -0.356 e. The van der Waals surface area contributed by atoms with Crippen LogP contribution in [0.2, 0.25) is 0 Å². The largest absolute Gasteiger partial charge is 0.356 e. The van der Waals surface area contributed by atoms with E-state index in [-0.39, 0.29) is 10.8 Å². The van der Waals surface area contributed by atoms with Crippen LogP contribution >= 0.6 is 0 Å². The van der Waals surface area contributed by atoms with E-state index in [1.807, 2.05) is 54.6 Å².